The van der Waals surface area contributed by atoms with Crippen molar-refractivity contribution in [2.24, 2.45) is 5.92 Å². The van der Waals surface area contributed by atoms with Gasteiger partial charge in [0.2, 0.25) is 0 Å². The number of aryl methyl sites for hydroxylation is 2. The fourth-order valence-corrected chi connectivity index (χ4v) is 3.65. The second-order valence-electron chi connectivity index (χ2n) is 7.12. The molecule has 1 aromatic rings. The summed E-state index contributed by atoms with van der Waals surface area (Å²) in [5.41, 5.74) is 2.91. The lowest BCUT2D eigenvalue weighted by Crippen LogP contribution is -2.63. The van der Waals surface area contributed by atoms with Gasteiger partial charge in [0.1, 0.15) is 0 Å². The van der Waals surface area contributed by atoms with Gasteiger partial charge in [-0.2, -0.15) is 5.10 Å². The summed E-state index contributed by atoms with van der Waals surface area (Å²) in [5, 5.41) is 8.50. The van der Waals surface area contributed by atoms with Gasteiger partial charge in [0, 0.05) is 37.8 Å². The number of piperazine rings is 1. The van der Waals surface area contributed by atoms with Crippen LogP contribution in [0.5, 0.6) is 0 Å². The summed E-state index contributed by atoms with van der Waals surface area (Å²) < 4.78 is 2.18. The highest BCUT2D eigenvalue weighted by Crippen LogP contribution is 2.41. The smallest absolute Gasteiger partial charge is 0.0625 e. The van der Waals surface area contributed by atoms with E-state index in [4.69, 9.17) is 5.10 Å². The van der Waals surface area contributed by atoms with Crippen molar-refractivity contribution in [3.63, 3.8) is 0 Å². The van der Waals surface area contributed by atoms with E-state index in [-0.39, 0.29) is 0 Å². The van der Waals surface area contributed by atoms with Gasteiger partial charge in [0.25, 0.3) is 0 Å². The molecule has 2 heterocycles. The largest absolute Gasteiger partial charge is 0.308 e. The van der Waals surface area contributed by atoms with E-state index in [1.807, 2.05) is 0 Å². The van der Waals surface area contributed by atoms with Gasteiger partial charge in [0.05, 0.1) is 11.4 Å². The van der Waals surface area contributed by atoms with Crippen LogP contribution in [0.15, 0.2) is 6.07 Å². The molecule has 0 spiro atoms. The van der Waals surface area contributed by atoms with E-state index in [0.717, 1.165) is 38.5 Å². The van der Waals surface area contributed by atoms with Crippen LogP contribution in [0.2, 0.25) is 0 Å². The van der Waals surface area contributed by atoms with E-state index in [1.54, 1.807) is 0 Å². The van der Waals surface area contributed by atoms with Gasteiger partial charge in [0.15, 0.2) is 0 Å². The zero-order chi connectivity index (χ0) is 15.0. The molecule has 4 nitrogen and oxygen atoms in total. The number of hydrogen-bond donors (Lipinski definition) is 1. The highest BCUT2D eigenvalue weighted by Gasteiger charge is 2.45. The lowest BCUT2D eigenvalue weighted by molar-refractivity contribution is 0.0747. The summed E-state index contributed by atoms with van der Waals surface area (Å²) in [6.07, 6.45) is 3.83. The maximum atomic E-state index is 4.70. The van der Waals surface area contributed by atoms with Crippen molar-refractivity contribution in [2.75, 3.05) is 13.1 Å². The predicted octanol–water partition coefficient (Wildman–Crippen LogP) is 2.43. The first-order chi connectivity index (χ1) is 10.1. The first-order valence-corrected chi connectivity index (χ1v) is 8.60. The molecule has 2 unspecified atom stereocenters. The SMILES string of the molecule is CCc1cc(CN2CC(C)(C3CC3)NCC2C)n(CC)n1. The third-order valence-electron chi connectivity index (χ3n) is 5.38. The van der Waals surface area contributed by atoms with Crippen LogP contribution in [0.1, 0.15) is 51.9 Å². The van der Waals surface area contributed by atoms with Crippen LogP contribution in [0.3, 0.4) is 0 Å². The molecule has 0 aromatic carbocycles. The molecule has 0 amide bonds. The summed E-state index contributed by atoms with van der Waals surface area (Å²) in [6, 6.07) is 2.90. The molecular weight excluding hydrogens is 260 g/mol. The molecular formula is C17H30N4. The monoisotopic (exact) mass is 290 g/mol. The summed E-state index contributed by atoms with van der Waals surface area (Å²) in [6.45, 7) is 13.4. The average Bonchev–Trinajstić information content (AvgIpc) is 3.26. The second-order valence-corrected chi connectivity index (χ2v) is 7.12. The molecule has 2 fully saturated rings. The van der Waals surface area contributed by atoms with Gasteiger partial charge in [-0.25, -0.2) is 0 Å². The Morgan fingerprint density at radius 1 is 1.38 bits per heavy atom. The Morgan fingerprint density at radius 2 is 2.14 bits per heavy atom. The van der Waals surface area contributed by atoms with E-state index >= 15 is 0 Å². The zero-order valence-corrected chi connectivity index (χ0v) is 14.0. The van der Waals surface area contributed by atoms with Crippen LogP contribution >= 0.6 is 0 Å². The molecule has 1 aliphatic heterocycles. The molecule has 0 bridgehead atoms. The maximum Gasteiger partial charge on any atom is 0.0625 e. The highest BCUT2D eigenvalue weighted by atomic mass is 15.3. The first-order valence-electron chi connectivity index (χ1n) is 8.60. The van der Waals surface area contributed by atoms with Crippen LogP contribution in [0.25, 0.3) is 0 Å². The van der Waals surface area contributed by atoms with Gasteiger partial charge < -0.3 is 5.32 Å². The van der Waals surface area contributed by atoms with E-state index in [2.05, 4.69) is 48.7 Å². The number of aromatic nitrogens is 2. The van der Waals surface area contributed by atoms with Crippen molar-refractivity contribution >= 4 is 0 Å². The summed E-state index contributed by atoms with van der Waals surface area (Å²) in [7, 11) is 0. The molecule has 2 aliphatic rings. The average molecular weight is 290 g/mol. The van der Waals surface area contributed by atoms with Crippen LogP contribution < -0.4 is 5.32 Å². The van der Waals surface area contributed by atoms with Crippen LogP contribution in [0, 0.1) is 5.92 Å². The van der Waals surface area contributed by atoms with E-state index in [1.165, 1.54) is 24.2 Å². The van der Waals surface area contributed by atoms with E-state index < -0.39 is 0 Å². The first kappa shape index (κ1) is 15.0. The highest BCUT2D eigenvalue weighted by molar-refractivity contribution is 5.12. The van der Waals surface area contributed by atoms with Crippen molar-refractivity contribution in [1.29, 1.82) is 0 Å². The van der Waals surface area contributed by atoms with Gasteiger partial charge in [-0.15, -0.1) is 0 Å². The van der Waals surface area contributed by atoms with Crippen molar-refractivity contribution < 1.29 is 0 Å². The van der Waals surface area contributed by atoms with Gasteiger partial charge in [-0.1, -0.05) is 6.92 Å². The van der Waals surface area contributed by atoms with Crippen molar-refractivity contribution in [1.82, 2.24) is 20.0 Å². The normalized spacial score (nSPS) is 30.8. The molecule has 3 rings (SSSR count). The molecule has 118 valence electrons. The zero-order valence-electron chi connectivity index (χ0n) is 14.0. The lowest BCUT2D eigenvalue weighted by Gasteiger charge is -2.45. The molecule has 21 heavy (non-hydrogen) atoms. The number of hydrogen-bond acceptors (Lipinski definition) is 3. The standard InChI is InChI=1S/C17H30N4/c1-5-15-9-16(21(6-2)19-15)11-20-12-17(4,14-7-8-14)18-10-13(20)3/h9,13-14,18H,5-8,10-12H2,1-4H3. The van der Waals surface area contributed by atoms with E-state index in [0.29, 0.717) is 11.6 Å². The fraction of sp³-hybridized carbons (Fsp3) is 0.824. The Hall–Kier alpha value is -0.870. The minimum Gasteiger partial charge on any atom is -0.308 e. The molecule has 4 heteroatoms. The van der Waals surface area contributed by atoms with Crippen molar-refractivity contribution in [3.8, 4) is 0 Å². The van der Waals surface area contributed by atoms with Gasteiger partial charge in [-0.05, 0) is 52.0 Å². The number of rotatable bonds is 5. The minimum absolute atomic E-state index is 0.317. The van der Waals surface area contributed by atoms with Gasteiger partial charge >= 0.3 is 0 Å². The predicted molar refractivity (Wildman–Crippen MR) is 86.3 cm³/mol. The molecule has 1 saturated heterocycles. The van der Waals surface area contributed by atoms with E-state index in [9.17, 15) is 0 Å². The molecule has 1 saturated carbocycles. The molecule has 1 N–H and O–H groups in total. The minimum atomic E-state index is 0.317. The van der Waals surface area contributed by atoms with Gasteiger partial charge in [-0.3, -0.25) is 9.58 Å². The Bertz CT molecular complexity index is 491. The van der Waals surface area contributed by atoms with Crippen molar-refractivity contribution in [2.45, 2.75) is 71.6 Å². The Kier molecular flexibility index (Phi) is 4.10. The molecule has 1 aliphatic carbocycles. The third-order valence-corrected chi connectivity index (χ3v) is 5.38. The third kappa shape index (κ3) is 3.02. The lowest BCUT2D eigenvalue weighted by atomic mass is 9.91. The summed E-state index contributed by atoms with van der Waals surface area (Å²) >= 11 is 0. The second kappa shape index (κ2) is 5.73. The Balaban J connectivity index is 1.74. The maximum absolute atomic E-state index is 4.70. The summed E-state index contributed by atoms with van der Waals surface area (Å²) in [4.78, 5) is 2.65. The van der Waals surface area contributed by atoms with Crippen LogP contribution in [0.4, 0.5) is 0 Å². The van der Waals surface area contributed by atoms with Crippen LogP contribution in [-0.2, 0) is 19.5 Å². The molecule has 2 atom stereocenters. The Labute approximate surface area is 128 Å². The quantitative estimate of drug-likeness (QED) is 0.904. The number of nitrogens with one attached hydrogen (secondary N) is 1. The van der Waals surface area contributed by atoms with Crippen LogP contribution in [-0.4, -0.2) is 39.4 Å². The van der Waals surface area contributed by atoms with Crippen molar-refractivity contribution in [3.05, 3.63) is 17.5 Å². The topological polar surface area (TPSA) is 33.1 Å². The molecule has 1 aromatic heterocycles. The molecule has 0 radical (unpaired) electrons. The Morgan fingerprint density at radius 3 is 2.76 bits per heavy atom. The fourth-order valence-electron chi connectivity index (χ4n) is 3.65. The number of nitrogens with zero attached hydrogens (tertiary/aromatic N) is 3. The summed E-state index contributed by atoms with van der Waals surface area (Å²) in [5.74, 6) is 0.884.